The fourth-order valence-electron chi connectivity index (χ4n) is 2.12. The van der Waals surface area contributed by atoms with Gasteiger partial charge in [0.1, 0.15) is 0 Å². The predicted molar refractivity (Wildman–Crippen MR) is 90.1 cm³/mol. The van der Waals surface area contributed by atoms with Gasteiger partial charge in [-0.1, -0.05) is 37.1 Å². The lowest BCUT2D eigenvalue weighted by Gasteiger charge is -2.18. The second-order valence-electron chi connectivity index (χ2n) is 5.46. The lowest BCUT2D eigenvalue weighted by molar-refractivity contribution is -0.123. The molecule has 0 spiro atoms. The van der Waals surface area contributed by atoms with E-state index in [1.807, 2.05) is 6.92 Å². The van der Waals surface area contributed by atoms with Gasteiger partial charge in [-0.25, -0.2) is 0 Å². The third-order valence-electron chi connectivity index (χ3n) is 3.10. The Balaban J connectivity index is 2.38. The number of likely N-dealkylation sites (N-methyl/N-ethyl adjacent to an activating group) is 1. The number of rotatable bonds is 8. The maximum atomic E-state index is 11.9. The van der Waals surface area contributed by atoms with Gasteiger partial charge in [-0.3, -0.25) is 14.5 Å². The number of para-hydroxylation sites is 1. The number of carbonyl (C=O) groups excluding carboxylic acids is 2. The fraction of sp³-hybridized carbons (Fsp3) is 0.500. The highest BCUT2D eigenvalue weighted by Gasteiger charge is 2.13. The molecule has 1 aromatic carbocycles. The average Bonchev–Trinajstić information content (AvgIpc) is 2.40. The highest BCUT2D eigenvalue weighted by atomic mass is 35.5. The summed E-state index contributed by atoms with van der Waals surface area (Å²) in [6, 6.07) is 7.20. The number of nitrogens with zero attached hydrogens (tertiary/aromatic N) is 1. The number of benzene rings is 1. The van der Waals surface area contributed by atoms with Crippen LogP contribution in [0.1, 0.15) is 26.7 Å². The third kappa shape index (κ3) is 6.91. The third-order valence-corrected chi connectivity index (χ3v) is 3.43. The van der Waals surface area contributed by atoms with E-state index in [4.69, 9.17) is 11.6 Å². The quantitative estimate of drug-likeness (QED) is 0.772. The molecule has 122 valence electrons. The van der Waals surface area contributed by atoms with Gasteiger partial charge in [-0.05, 0) is 32.5 Å². The molecule has 1 atom stereocenters. The van der Waals surface area contributed by atoms with E-state index in [-0.39, 0.29) is 30.9 Å². The summed E-state index contributed by atoms with van der Waals surface area (Å²) in [5, 5.41) is 6.13. The van der Waals surface area contributed by atoms with Gasteiger partial charge in [0.25, 0.3) is 0 Å². The molecule has 0 saturated carbocycles. The van der Waals surface area contributed by atoms with Crippen molar-refractivity contribution in [3.63, 3.8) is 0 Å². The summed E-state index contributed by atoms with van der Waals surface area (Å²) in [7, 11) is 1.73. The van der Waals surface area contributed by atoms with Crippen molar-refractivity contribution in [2.45, 2.75) is 32.7 Å². The highest BCUT2D eigenvalue weighted by Crippen LogP contribution is 2.20. The summed E-state index contributed by atoms with van der Waals surface area (Å²) < 4.78 is 0. The Bertz CT molecular complexity index is 508. The molecule has 0 aliphatic carbocycles. The summed E-state index contributed by atoms with van der Waals surface area (Å²) in [4.78, 5) is 25.4. The first kappa shape index (κ1) is 18.5. The van der Waals surface area contributed by atoms with Gasteiger partial charge in [0.2, 0.25) is 11.8 Å². The maximum absolute atomic E-state index is 11.9. The normalized spacial score (nSPS) is 12.0. The standard InChI is InChI=1S/C16H24ClN3O2/c1-4-7-12(2)18-15(21)10-20(3)11-16(22)19-14-9-6-5-8-13(14)17/h5-6,8-9,12H,4,7,10-11H2,1-3H3,(H,18,21)(H,19,22)/t12-/m1/s1. The molecular weight excluding hydrogens is 302 g/mol. The fourth-order valence-corrected chi connectivity index (χ4v) is 2.31. The number of hydrogen-bond acceptors (Lipinski definition) is 3. The summed E-state index contributed by atoms with van der Waals surface area (Å²) in [6.45, 7) is 4.37. The molecule has 0 saturated heterocycles. The Hall–Kier alpha value is -1.59. The molecule has 0 bridgehead atoms. The van der Waals surface area contributed by atoms with E-state index in [1.54, 1.807) is 36.2 Å². The zero-order valence-electron chi connectivity index (χ0n) is 13.4. The Morgan fingerprint density at radius 3 is 2.50 bits per heavy atom. The van der Waals surface area contributed by atoms with E-state index >= 15 is 0 Å². The van der Waals surface area contributed by atoms with Crippen LogP contribution >= 0.6 is 11.6 Å². The number of carbonyl (C=O) groups is 2. The van der Waals surface area contributed by atoms with Gasteiger partial charge in [0.15, 0.2) is 0 Å². The van der Waals surface area contributed by atoms with Crippen molar-refractivity contribution >= 4 is 29.1 Å². The topological polar surface area (TPSA) is 61.4 Å². The van der Waals surface area contributed by atoms with E-state index in [0.717, 1.165) is 12.8 Å². The smallest absolute Gasteiger partial charge is 0.238 e. The van der Waals surface area contributed by atoms with E-state index in [9.17, 15) is 9.59 Å². The minimum Gasteiger partial charge on any atom is -0.353 e. The van der Waals surface area contributed by atoms with Crippen molar-refractivity contribution in [2.75, 3.05) is 25.5 Å². The Morgan fingerprint density at radius 2 is 1.86 bits per heavy atom. The van der Waals surface area contributed by atoms with Crippen LogP contribution in [0.4, 0.5) is 5.69 Å². The van der Waals surface area contributed by atoms with Gasteiger partial charge in [0.05, 0.1) is 23.8 Å². The van der Waals surface area contributed by atoms with Crippen molar-refractivity contribution < 1.29 is 9.59 Å². The Kier molecular flexibility index (Phi) is 7.91. The predicted octanol–water partition coefficient (Wildman–Crippen LogP) is 2.52. The molecule has 0 radical (unpaired) electrons. The van der Waals surface area contributed by atoms with Crippen molar-refractivity contribution in [3.8, 4) is 0 Å². The van der Waals surface area contributed by atoms with Crippen molar-refractivity contribution in [2.24, 2.45) is 0 Å². The molecule has 1 aromatic rings. The van der Waals surface area contributed by atoms with Gasteiger partial charge in [0, 0.05) is 6.04 Å². The molecule has 0 fully saturated rings. The van der Waals surface area contributed by atoms with Gasteiger partial charge < -0.3 is 10.6 Å². The zero-order chi connectivity index (χ0) is 16.5. The van der Waals surface area contributed by atoms with Crippen LogP contribution in [0.25, 0.3) is 0 Å². The van der Waals surface area contributed by atoms with E-state index < -0.39 is 0 Å². The number of anilines is 1. The number of halogens is 1. The van der Waals surface area contributed by atoms with Gasteiger partial charge in [-0.2, -0.15) is 0 Å². The van der Waals surface area contributed by atoms with Crippen LogP contribution in [0.3, 0.4) is 0 Å². The molecule has 1 rings (SSSR count). The van der Waals surface area contributed by atoms with Crippen LogP contribution in [-0.4, -0.2) is 42.9 Å². The summed E-state index contributed by atoms with van der Waals surface area (Å²) in [5.74, 6) is -0.279. The minimum atomic E-state index is -0.204. The lowest BCUT2D eigenvalue weighted by atomic mass is 10.2. The minimum absolute atomic E-state index is 0.0750. The summed E-state index contributed by atoms with van der Waals surface area (Å²) >= 11 is 5.98. The first-order valence-corrected chi connectivity index (χ1v) is 7.82. The molecule has 0 aliphatic heterocycles. The molecule has 5 nitrogen and oxygen atoms in total. The zero-order valence-corrected chi connectivity index (χ0v) is 14.1. The molecule has 0 unspecified atom stereocenters. The van der Waals surface area contributed by atoms with E-state index in [2.05, 4.69) is 17.6 Å². The van der Waals surface area contributed by atoms with Crippen LogP contribution in [0.2, 0.25) is 5.02 Å². The molecule has 22 heavy (non-hydrogen) atoms. The van der Waals surface area contributed by atoms with Crippen molar-refractivity contribution in [3.05, 3.63) is 29.3 Å². The molecule has 0 aromatic heterocycles. The van der Waals surface area contributed by atoms with Crippen LogP contribution in [0.15, 0.2) is 24.3 Å². The van der Waals surface area contributed by atoms with Crippen LogP contribution in [0.5, 0.6) is 0 Å². The highest BCUT2D eigenvalue weighted by molar-refractivity contribution is 6.33. The molecule has 6 heteroatoms. The summed E-state index contributed by atoms with van der Waals surface area (Å²) in [5.41, 5.74) is 0.573. The monoisotopic (exact) mass is 325 g/mol. The number of amides is 2. The second kappa shape index (κ2) is 9.43. The van der Waals surface area contributed by atoms with Crippen molar-refractivity contribution in [1.29, 1.82) is 0 Å². The van der Waals surface area contributed by atoms with E-state index in [1.165, 1.54) is 0 Å². The number of nitrogens with one attached hydrogen (secondary N) is 2. The van der Waals surface area contributed by atoms with Crippen LogP contribution in [0, 0.1) is 0 Å². The van der Waals surface area contributed by atoms with Gasteiger partial charge in [-0.15, -0.1) is 0 Å². The Labute approximate surface area is 137 Å². The Morgan fingerprint density at radius 1 is 1.23 bits per heavy atom. The van der Waals surface area contributed by atoms with Crippen LogP contribution < -0.4 is 10.6 Å². The molecule has 0 heterocycles. The lowest BCUT2D eigenvalue weighted by Crippen LogP contribution is -2.41. The molecule has 2 N–H and O–H groups in total. The average molecular weight is 326 g/mol. The second-order valence-corrected chi connectivity index (χ2v) is 5.86. The first-order valence-electron chi connectivity index (χ1n) is 7.44. The van der Waals surface area contributed by atoms with Crippen molar-refractivity contribution in [1.82, 2.24) is 10.2 Å². The summed E-state index contributed by atoms with van der Waals surface area (Å²) in [6.07, 6.45) is 1.97. The molecular formula is C16H24ClN3O2. The van der Waals surface area contributed by atoms with E-state index in [0.29, 0.717) is 10.7 Å². The van der Waals surface area contributed by atoms with Gasteiger partial charge >= 0.3 is 0 Å². The number of hydrogen-bond donors (Lipinski definition) is 2. The molecule has 2 amide bonds. The largest absolute Gasteiger partial charge is 0.353 e. The SMILES string of the molecule is CCC[C@@H](C)NC(=O)CN(C)CC(=O)Nc1ccccc1Cl. The first-order chi connectivity index (χ1) is 10.4. The molecule has 0 aliphatic rings. The van der Waals surface area contributed by atoms with Crippen LogP contribution in [-0.2, 0) is 9.59 Å². The maximum Gasteiger partial charge on any atom is 0.238 e.